The SMILES string of the molecule is COCCn1nc(C(=O)NCC(c2ccccc2Cl)N2CCOCC2)ccc1=O. The fourth-order valence-corrected chi connectivity index (χ4v) is 3.52. The minimum atomic E-state index is -0.346. The molecular formula is C20H25ClN4O4. The first-order chi connectivity index (χ1) is 14.1. The van der Waals surface area contributed by atoms with Gasteiger partial charge in [-0.05, 0) is 17.7 Å². The summed E-state index contributed by atoms with van der Waals surface area (Å²) in [4.78, 5) is 26.8. The van der Waals surface area contributed by atoms with Crippen molar-refractivity contribution in [2.45, 2.75) is 12.6 Å². The van der Waals surface area contributed by atoms with Crippen LogP contribution in [0.15, 0.2) is 41.2 Å². The lowest BCUT2D eigenvalue weighted by atomic mass is 10.0. The van der Waals surface area contributed by atoms with Gasteiger partial charge in [-0.15, -0.1) is 0 Å². The third-order valence-electron chi connectivity index (χ3n) is 4.81. The molecule has 0 aliphatic carbocycles. The van der Waals surface area contributed by atoms with Crippen LogP contribution in [-0.2, 0) is 16.0 Å². The van der Waals surface area contributed by atoms with Crippen LogP contribution in [0.2, 0.25) is 5.02 Å². The van der Waals surface area contributed by atoms with E-state index in [1.165, 1.54) is 16.8 Å². The third-order valence-corrected chi connectivity index (χ3v) is 5.16. The normalized spacial score (nSPS) is 15.8. The molecule has 1 amide bonds. The number of amides is 1. The quantitative estimate of drug-likeness (QED) is 0.693. The summed E-state index contributed by atoms with van der Waals surface area (Å²) in [5.74, 6) is -0.346. The van der Waals surface area contributed by atoms with E-state index < -0.39 is 0 Å². The number of morpholine rings is 1. The second-order valence-electron chi connectivity index (χ2n) is 6.67. The maximum atomic E-state index is 12.7. The molecule has 1 aliphatic rings. The number of halogens is 1. The molecular weight excluding hydrogens is 396 g/mol. The van der Waals surface area contributed by atoms with Gasteiger partial charge in [-0.1, -0.05) is 29.8 Å². The lowest BCUT2D eigenvalue weighted by molar-refractivity contribution is 0.0162. The Bertz CT molecular complexity index is 883. The summed E-state index contributed by atoms with van der Waals surface area (Å²) in [5.41, 5.74) is 0.857. The highest BCUT2D eigenvalue weighted by Gasteiger charge is 2.25. The topological polar surface area (TPSA) is 85.7 Å². The van der Waals surface area contributed by atoms with Gasteiger partial charge in [0.05, 0.1) is 32.4 Å². The summed E-state index contributed by atoms with van der Waals surface area (Å²) in [6, 6.07) is 10.3. The fourth-order valence-electron chi connectivity index (χ4n) is 3.26. The van der Waals surface area contributed by atoms with Gasteiger partial charge in [0, 0.05) is 37.8 Å². The Morgan fingerprint density at radius 2 is 2.03 bits per heavy atom. The largest absolute Gasteiger partial charge is 0.383 e. The second kappa shape index (κ2) is 10.5. The van der Waals surface area contributed by atoms with Gasteiger partial charge < -0.3 is 14.8 Å². The zero-order valence-electron chi connectivity index (χ0n) is 16.3. The Balaban J connectivity index is 1.74. The van der Waals surface area contributed by atoms with Gasteiger partial charge in [-0.25, -0.2) is 4.68 Å². The van der Waals surface area contributed by atoms with E-state index in [9.17, 15) is 9.59 Å². The van der Waals surface area contributed by atoms with Gasteiger partial charge in [-0.2, -0.15) is 5.10 Å². The minimum Gasteiger partial charge on any atom is -0.383 e. The molecule has 156 valence electrons. The van der Waals surface area contributed by atoms with Crippen LogP contribution in [0.1, 0.15) is 22.1 Å². The summed E-state index contributed by atoms with van der Waals surface area (Å²) >= 11 is 6.42. The summed E-state index contributed by atoms with van der Waals surface area (Å²) in [7, 11) is 1.54. The molecule has 8 nitrogen and oxygen atoms in total. The number of benzene rings is 1. The number of aromatic nitrogens is 2. The average Bonchev–Trinajstić information content (AvgIpc) is 2.75. The van der Waals surface area contributed by atoms with Crippen molar-refractivity contribution in [3.8, 4) is 0 Å². The second-order valence-corrected chi connectivity index (χ2v) is 7.08. The van der Waals surface area contributed by atoms with E-state index in [1.54, 1.807) is 7.11 Å². The van der Waals surface area contributed by atoms with Crippen molar-refractivity contribution in [1.82, 2.24) is 20.0 Å². The summed E-state index contributed by atoms with van der Waals surface area (Å²) in [6.45, 7) is 3.77. The lowest BCUT2D eigenvalue weighted by Crippen LogP contribution is -2.44. The number of hydrogen-bond donors (Lipinski definition) is 1. The number of methoxy groups -OCH3 is 1. The van der Waals surface area contributed by atoms with Crippen LogP contribution < -0.4 is 10.9 Å². The highest BCUT2D eigenvalue weighted by Crippen LogP contribution is 2.27. The van der Waals surface area contributed by atoms with Crippen LogP contribution in [-0.4, -0.2) is 67.2 Å². The van der Waals surface area contributed by atoms with Crippen molar-refractivity contribution in [1.29, 1.82) is 0 Å². The molecule has 1 aromatic carbocycles. The monoisotopic (exact) mass is 420 g/mol. The molecule has 1 aromatic heterocycles. The molecule has 1 unspecified atom stereocenters. The van der Waals surface area contributed by atoms with Gasteiger partial charge in [0.2, 0.25) is 0 Å². The molecule has 2 aromatic rings. The number of ether oxygens (including phenoxy) is 2. The first-order valence-corrected chi connectivity index (χ1v) is 9.89. The average molecular weight is 421 g/mol. The highest BCUT2D eigenvalue weighted by molar-refractivity contribution is 6.31. The molecule has 2 heterocycles. The third kappa shape index (κ3) is 5.63. The Morgan fingerprint density at radius 1 is 1.28 bits per heavy atom. The van der Waals surface area contributed by atoms with Crippen molar-refractivity contribution in [3.63, 3.8) is 0 Å². The predicted molar refractivity (Wildman–Crippen MR) is 109 cm³/mol. The smallest absolute Gasteiger partial charge is 0.271 e. The maximum absolute atomic E-state index is 12.7. The summed E-state index contributed by atoms with van der Waals surface area (Å²) in [6.07, 6.45) is 0. The Labute approximate surface area is 174 Å². The fraction of sp³-hybridized carbons (Fsp3) is 0.450. The predicted octanol–water partition coefficient (Wildman–Crippen LogP) is 1.35. The zero-order valence-corrected chi connectivity index (χ0v) is 17.1. The molecule has 1 aliphatic heterocycles. The van der Waals surface area contributed by atoms with Crippen molar-refractivity contribution in [3.05, 3.63) is 63.0 Å². The van der Waals surface area contributed by atoms with Gasteiger partial charge in [0.25, 0.3) is 11.5 Å². The number of carbonyl (C=O) groups is 1. The molecule has 3 rings (SSSR count). The van der Waals surface area contributed by atoms with Gasteiger partial charge in [0.1, 0.15) is 5.69 Å². The number of nitrogens with zero attached hydrogens (tertiary/aromatic N) is 3. The van der Waals surface area contributed by atoms with E-state index in [4.69, 9.17) is 21.1 Å². The van der Waals surface area contributed by atoms with Gasteiger partial charge in [0.15, 0.2) is 0 Å². The highest BCUT2D eigenvalue weighted by atomic mass is 35.5. The number of carbonyl (C=O) groups excluding carboxylic acids is 1. The standard InChI is InChI=1S/C20H25ClN4O4/c1-28-11-10-25-19(26)7-6-17(23-25)20(27)22-14-18(24-8-12-29-13-9-24)15-4-2-3-5-16(15)21/h2-7,18H,8-14H2,1H3,(H,22,27). The van der Waals surface area contributed by atoms with E-state index in [0.29, 0.717) is 31.4 Å². The van der Waals surface area contributed by atoms with Crippen molar-refractivity contribution in [2.75, 3.05) is 46.6 Å². The lowest BCUT2D eigenvalue weighted by Gasteiger charge is -2.35. The summed E-state index contributed by atoms with van der Waals surface area (Å²) < 4.78 is 11.7. The zero-order chi connectivity index (χ0) is 20.6. The van der Waals surface area contributed by atoms with E-state index >= 15 is 0 Å². The Kier molecular flexibility index (Phi) is 7.76. The van der Waals surface area contributed by atoms with Crippen LogP contribution >= 0.6 is 11.6 Å². The number of nitrogens with one attached hydrogen (secondary N) is 1. The molecule has 0 bridgehead atoms. The van der Waals surface area contributed by atoms with Crippen molar-refractivity contribution < 1.29 is 14.3 Å². The molecule has 0 radical (unpaired) electrons. The number of hydrogen-bond acceptors (Lipinski definition) is 6. The molecule has 1 atom stereocenters. The molecule has 9 heteroatoms. The van der Waals surface area contributed by atoms with Gasteiger partial charge >= 0.3 is 0 Å². The molecule has 1 saturated heterocycles. The van der Waals surface area contributed by atoms with E-state index in [1.807, 2.05) is 24.3 Å². The van der Waals surface area contributed by atoms with Crippen molar-refractivity contribution in [2.24, 2.45) is 0 Å². The van der Waals surface area contributed by atoms with Crippen LogP contribution in [0.3, 0.4) is 0 Å². The molecule has 1 N–H and O–H groups in total. The molecule has 0 spiro atoms. The van der Waals surface area contributed by atoms with Crippen LogP contribution in [0.25, 0.3) is 0 Å². The molecule has 0 saturated carbocycles. The van der Waals surface area contributed by atoms with Crippen molar-refractivity contribution >= 4 is 17.5 Å². The van der Waals surface area contributed by atoms with Crippen LogP contribution in [0.4, 0.5) is 0 Å². The Hall–Kier alpha value is -2.26. The molecule has 29 heavy (non-hydrogen) atoms. The molecule has 1 fully saturated rings. The first-order valence-electron chi connectivity index (χ1n) is 9.51. The number of rotatable bonds is 8. The van der Waals surface area contributed by atoms with Crippen LogP contribution in [0.5, 0.6) is 0 Å². The van der Waals surface area contributed by atoms with E-state index in [-0.39, 0.29) is 29.7 Å². The minimum absolute atomic E-state index is 0.0871. The van der Waals surface area contributed by atoms with E-state index in [0.717, 1.165) is 18.7 Å². The van der Waals surface area contributed by atoms with E-state index in [2.05, 4.69) is 15.3 Å². The Morgan fingerprint density at radius 3 is 2.76 bits per heavy atom. The van der Waals surface area contributed by atoms with Gasteiger partial charge in [-0.3, -0.25) is 14.5 Å². The summed E-state index contributed by atoms with van der Waals surface area (Å²) in [5, 5.41) is 7.74. The maximum Gasteiger partial charge on any atom is 0.271 e. The van der Waals surface area contributed by atoms with Crippen LogP contribution in [0, 0.1) is 0 Å². The first kappa shape index (κ1) is 21.4.